The fourth-order valence-corrected chi connectivity index (χ4v) is 1.62. The molecule has 1 aliphatic carbocycles. The zero-order valence-electron chi connectivity index (χ0n) is 7.62. The zero-order chi connectivity index (χ0) is 8.77. The third kappa shape index (κ3) is 1.14. The third-order valence-corrected chi connectivity index (χ3v) is 2.75. The normalized spacial score (nSPS) is 22.2. The van der Waals surface area contributed by atoms with Gasteiger partial charge in [-0.3, -0.25) is 4.68 Å². The van der Waals surface area contributed by atoms with Crippen molar-refractivity contribution in [3.8, 4) is 0 Å². The number of nitrogens with zero attached hydrogens (tertiary/aromatic N) is 2. The van der Waals surface area contributed by atoms with Crippen LogP contribution in [0.2, 0.25) is 0 Å². The Kier molecular flexibility index (Phi) is 1.51. The van der Waals surface area contributed by atoms with E-state index in [1.54, 1.807) is 0 Å². The molecule has 0 saturated heterocycles. The van der Waals surface area contributed by atoms with Crippen molar-refractivity contribution < 1.29 is 0 Å². The molecular weight excluding hydrogens is 150 g/mol. The Labute approximate surface area is 72.6 Å². The highest BCUT2D eigenvalue weighted by molar-refractivity contribution is 5.19. The van der Waals surface area contributed by atoms with Gasteiger partial charge in [-0.1, -0.05) is 0 Å². The average Bonchev–Trinajstić information content (AvgIpc) is 2.75. The molecule has 1 aromatic heterocycles. The Balaban J connectivity index is 2.27. The molecule has 66 valence electrons. The van der Waals surface area contributed by atoms with Crippen molar-refractivity contribution in [2.45, 2.75) is 25.3 Å². The molecule has 1 aliphatic rings. The van der Waals surface area contributed by atoms with Gasteiger partial charge in [0.2, 0.25) is 0 Å². The van der Waals surface area contributed by atoms with Crippen LogP contribution < -0.4 is 5.73 Å². The number of rotatable bonds is 2. The summed E-state index contributed by atoms with van der Waals surface area (Å²) >= 11 is 0. The Morgan fingerprint density at radius 3 is 2.75 bits per heavy atom. The van der Waals surface area contributed by atoms with Gasteiger partial charge in [-0.2, -0.15) is 5.10 Å². The van der Waals surface area contributed by atoms with Crippen LogP contribution >= 0.6 is 0 Å². The van der Waals surface area contributed by atoms with E-state index in [9.17, 15) is 0 Å². The Morgan fingerprint density at radius 1 is 1.67 bits per heavy atom. The summed E-state index contributed by atoms with van der Waals surface area (Å²) in [4.78, 5) is 0. The predicted octanol–water partition coefficient (Wildman–Crippen LogP) is 1.00. The number of aryl methyl sites for hydroxylation is 1. The van der Waals surface area contributed by atoms with E-state index in [2.05, 4.69) is 12.0 Å². The maximum absolute atomic E-state index is 6.20. The summed E-state index contributed by atoms with van der Waals surface area (Å²) in [6.07, 6.45) is 6.42. The highest BCUT2D eigenvalue weighted by Crippen LogP contribution is 2.43. The first-order chi connectivity index (χ1) is 5.60. The van der Waals surface area contributed by atoms with E-state index < -0.39 is 0 Å². The highest BCUT2D eigenvalue weighted by Gasteiger charge is 2.40. The summed E-state index contributed by atoms with van der Waals surface area (Å²) in [5.41, 5.74) is 7.20. The van der Waals surface area contributed by atoms with Crippen LogP contribution in [-0.4, -0.2) is 9.78 Å². The first-order valence-corrected chi connectivity index (χ1v) is 4.38. The Hall–Kier alpha value is -0.830. The van der Waals surface area contributed by atoms with E-state index in [4.69, 9.17) is 5.73 Å². The van der Waals surface area contributed by atoms with Gasteiger partial charge >= 0.3 is 0 Å². The quantitative estimate of drug-likeness (QED) is 0.710. The fraction of sp³-hybridized carbons (Fsp3) is 0.667. The zero-order valence-corrected chi connectivity index (χ0v) is 7.62. The van der Waals surface area contributed by atoms with Crippen LogP contribution in [0.1, 0.15) is 25.3 Å². The van der Waals surface area contributed by atoms with Crippen LogP contribution in [0, 0.1) is 5.92 Å². The van der Waals surface area contributed by atoms with Gasteiger partial charge in [-0.15, -0.1) is 0 Å². The minimum absolute atomic E-state index is 0.158. The maximum atomic E-state index is 6.20. The van der Waals surface area contributed by atoms with Crippen molar-refractivity contribution in [2.75, 3.05) is 0 Å². The summed E-state index contributed by atoms with van der Waals surface area (Å²) in [6, 6.07) is 0. The molecule has 1 atom stereocenters. The minimum Gasteiger partial charge on any atom is -0.321 e. The summed E-state index contributed by atoms with van der Waals surface area (Å²) in [6.45, 7) is 2.10. The van der Waals surface area contributed by atoms with Crippen LogP contribution in [0.5, 0.6) is 0 Å². The van der Waals surface area contributed by atoms with E-state index in [1.165, 1.54) is 12.8 Å². The lowest BCUT2D eigenvalue weighted by Gasteiger charge is -2.22. The van der Waals surface area contributed by atoms with Crippen molar-refractivity contribution >= 4 is 0 Å². The molecule has 0 amide bonds. The lowest BCUT2D eigenvalue weighted by atomic mass is 9.91. The molecule has 0 bridgehead atoms. The lowest BCUT2D eigenvalue weighted by Crippen LogP contribution is -2.34. The molecule has 1 saturated carbocycles. The second kappa shape index (κ2) is 2.33. The van der Waals surface area contributed by atoms with Crippen molar-refractivity contribution in [3.63, 3.8) is 0 Å². The topological polar surface area (TPSA) is 43.8 Å². The van der Waals surface area contributed by atoms with Crippen molar-refractivity contribution in [1.29, 1.82) is 0 Å². The number of nitrogens with two attached hydrogens (primary N) is 1. The van der Waals surface area contributed by atoms with Gasteiger partial charge in [0.15, 0.2) is 0 Å². The molecule has 0 aliphatic heterocycles. The fourth-order valence-electron chi connectivity index (χ4n) is 1.62. The summed E-state index contributed by atoms with van der Waals surface area (Å²) in [5.74, 6) is 0.668. The van der Waals surface area contributed by atoms with Gasteiger partial charge < -0.3 is 5.73 Å². The SMILES string of the molecule is Cn1cc(C(C)(N)C2CC2)cn1. The van der Waals surface area contributed by atoms with Gasteiger partial charge in [-0.05, 0) is 25.7 Å². The summed E-state index contributed by atoms with van der Waals surface area (Å²) in [7, 11) is 1.92. The molecule has 0 spiro atoms. The standard InChI is InChI=1S/C9H15N3/c1-9(10,7-3-4-7)8-5-11-12(2)6-8/h5-7H,3-4,10H2,1-2H3. The average molecular weight is 165 g/mol. The molecular formula is C9H15N3. The lowest BCUT2D eigenvalue weighted by molar-refractivity contribution is 0.427. The molecule has 3 heteroatoms. The monoisotopic (exact) mass is 165 g/mol. The Morgan fingerprint density at radius 2 is 2.33 bits per heavy atom. The van der Waals surface area contributed by atoms with E-state index in [0.717, 1.165) is 5.56 Å². The largest absolute Gasteiger partial charge is 0.321 e. The van der Waals surface area contributed by atoms with Gasteiger partial charge in [0.25, 0.3) is 0 Å². The third-order valence-electron chi connectivity index (χ3n) is 2.75. The summed E-state index contributed by atoms with van der Waals surface area (Å²) in [5, 5.41) is 4.13. The molecule has 1 fully saturated rings. The molecule has 0 radical (unpaired) electrons. The molecule has 1 unspecified atom stereocenters. The van der Waals surface area contributed by atoms with Crippen LogP contribution in [0.15, 0.2) is 12.4 Å². The maximum Gasteiger partial charge on any atom is 0.0540 e. The second-order valence-electron chi connectivity index (χ2n) is 3.96. The second-order valence-corrected chi connectivity index (χ2v) is 3.96. The highest BCUT2D eigenvalue weighted by atomic mass is 15.2. The van der Waals surface area contributed by atoms with Gasteiger partial charge in [0.05, 0.1) is 6.20 Å². The predicted molar refractivity (Wildman–Crippen MR) is 47.5 cm³/mol. The summed E-state index contributed by atoms with van der Waals surface area (Å²) < 4.78 is 1.81. The van der Waals surface area contributed by atoms with Crippen LogP contribution in [0.25, 0.3) is 0 Å². The molecule has 1 aromatic rings. The molecule has 3 nitrogen and oxygen atoms in total. The van der Waals surface area contributed by atoms with E-state index in [-0.39, 0.29) is 5.54 Å². The number of aromatic nitrogens is 2. The van der Waals surface area contributed by atoms with Crippen LogP contribution in [0.4, 0.5) is 0 Å². The first kappa shape index (κ1) is 7.80. The molecule has 2 rings (SSSR count). The van der Waals surface area contributed by atoms with Crippen molar-refractivity contribution in [2.24, 2.45) is 18.7 Å². The molecule has 0 aromatic carbocycles. The molecule has 1 heterocycles. The van der Waals surface area contributed by atoms with Gasteiger partial charge in [-0.25, -0.2) is 0 Å². The first-order valence-electron chi connectivity index (χ1n) is 4.38. The van der Waals surface area contributed by atoms with E-state index >= 15 is 0 Å². The van der Waals surface area contributed by atoms with Gasteiger partial charge in [0, 0.05) is 24.3 Å². The van der Waals surface area contributed by atoms with Crippen LogP contribution in [0.3, 0.4) is 0 Å². The van der Waals surface area contributed by atoms with E-state index in [0.29, 0.717) is 5.92 Å². The molecule has 12 heavy (non-hydrogen) atoms. The van der Waals surface area contributed by atoms with Crippen molar-refractivity contribution in [3.05, 3.63) is 18.0 Å². The minimum atomic E-state index is -0.158. The van der Waals surface area contributed by atoms with Crippen molar-refractivity contribution in [1.82, 2.24) is 9.78 Å². The van der Waals surface area contributed by atoms with E-state index in [1.807, 2.05) is 24.1 Å². The smallest absolute Gasteiger partial charge is 0.0540 e. The van der Waals surface area contributed by atoms with Crippen LogP contribution in [-0.2, 0) is 12.6 Å². The number of hydrogen-bond acceptors (Lipinski definition) is 2. The molecule has 2 N–H and O–H groups in total. The van der Waals surface area contributed by atoms with Gasteiger partial charge in [0.1, 0.15) is 0 Å². The Bertz CT molecular complexity index is 284. The number of hydrogen-bond donors (Lipinski definition) is 1.